The van der Waals surface area contributed by atoms with Crippen LogP contribution in [0.4, 0.5) is 17.2 Å². The van der Waals surface area contributed by atoms with Crippen LogP contribution in [0.25, 0.3) is 0 Å². The van der Waals surface area contributed by atoms with Crippen molar-refractivity contribution in [2.75, 3.05) is 38.0 Å². The summed E-state index contributed by atoms with van der Waals surface area (Å²) in [6.07, 6.45) is 6.85. The first-order valence-electron chi connectivity index (χ1n) is 14.3. The molecule has 2 aliphatic rings. The number of nitrogens with zero attached hydrogens (tertiary/aromatic N) is 4. The number of imidazole rings is 1. The third kappa shape index (κ3) is 6.72. The molecule has 1 fully saturated rings. The fraction of sp³-hybridized carbons (Fsp3) is 0.355. The molecule has 3 amide bonds. The highest BCUT2D eigenvalue weighted by atomic mass is 16.5. The number of ether oxygens (including phenoxy) is 3. The molecule has 13 nitrogen and oxygen atoms in total. The number of carbonyl (C=O) groups excluding carboxylic acids is 4. The lowest BCUT2D eigenvalue weighted by Gasteiger charge is -2.32. The molecule has 0 bridgehead atoms. The lowest BCUT2D eigenvalue weighted by atomic mass is 10.0. The van der Waals surface area contributed by atoms with Gasteiger partial charge in [-0.1, -0.05) is 0 Å². The molecule has 1 unspecified atom stereocenters. The summed E-state index contributed by atoms with van der Waals surface area (Å²) in [4.78, 5) is 60.8. The molecule has 2 aliphatic heterocycles. The molecule has 0 aliphatic carbocycles. The van der Waals surface area contributed by atoms with Crippen LogP contribution in [0.5, 0.6) is 11.5 Å². The van der Waals surface area contributed by atoms with E-state index in [1.807, 2.05) is 11.1 Å². The standard InChI is InChI=1S/C31H34N6O7/c1-36-18-26(35-28(36)29(39)33-20-11-9-19(10-12-20)31(41)43-3)34-27(38)8-6-14-44-25-16-23-22(15-24(25)42-2)30(40)37-13-5-4-7-21(37)17-32-23/h9-12,15-18,21H,4-8,13-14H2,1-3H3,(H,33,39)(H,34,38). The molecule has 5 rings (SSSR count). The average Bonchev–Trinajstić information content (AvgIpc) is 3.34. The van der Waals surface area contributed by atoms with Gasteiger partial charge in [-0.25, -0.2) is 9.78 Å². The summed E-state index contributed by atoms with van der Waals surface area (Å²) in [5.41, 5.74) is 1.84. The highest BCUT2D eigenvalue weighted by Gasteiger charge is 2.31. The highest BCUT2D eigenvalue weighted by molar-refractivity contribution is 6.04. The zero-order valence-corrected chi connectivity index (χ0v) is 24.8. The maximum atomic E-state index is 13.2. The summed E-state index contributed by atoms with van der Waals surface area (Å²) in [5.74, 6) is -0.128. The van der Waals surface area contributed by atoms with E-state index in [9.17, 15) is 19.2 Å². The van der Waals surface area contributed by atoms with Gasteiger partial charge in [0.2, 0.25) is 11.7 Å². The molecule has 0 spiro atoms. The van der Waals surface area contributed by atoms with E-state index in [0.717, 1.165) is 19.3 Å². The van der Waals surface area contributed by atoms with E-state index >= 15 is 0 Å². The third-order valence-electron chi connectivity index (χ3n) is 7.42. The van der Waals surface area contributed by atoms with E-state index in [1.165, 1.54) is 30.9 Å². The van der Waals surface area contributed by atoms with Crippen molar-refractivity contribution in [3.05, 3.63) is 59.5 Å². The third-order valence-corrected chi connectivity index (χ3v) is 7.42. The normalized spacial score (nSPS) is 15.5. The number of anilines is 2. The Balaban J connectivity index is 1.13. The van der Waals surface area contributed by atoms with Gasteiger partial charge in [-0.3, -0.25) is 19.4 Å². The van der Waals surface area contributed by atoms with Gasteiger partial charge in [-0.05, 0) is 56.0 Å². The van der Waals surface area contributed by atoms with E-state index < -0.39 is 11.9 Å². The summed E-state index contributed by atoms with van der Waals surface area (Å²) in [6.45, 7) is 0.929. The Bertz CT molecular complexity index is 1600. The predicted octanol–water partition coefficient (Wildman–Crippen LogP) is 3.98. The maximum absolute atomic E-state index is 13.2. The van der Waals surface area contributed by atoms with Crippen molar-refractivity contribution in [1.29, 1.82) is 0 Å². The minimum atomic E-state index is -0.482. The van der Waals surface area contributed by atoms with Crippen molar-refractivity contribution < 1.29 is 33.4 Å². The first-order valence-corrected chi connectivity index (χ1v) is 14.3. The Labute approximate surface area is 254 Å². The van der Waals surface area contributed by atoms with Crippen molar-refractivity contribution in [2.45, 2.75) is 38.1 Å². The molecule has 1 saturated heterocycles. The van der Waals surface area contributed by atoms with Gasteiger partial charge in [-0.2, -0.15) is 0 Å². The van der Waals surface area contributed by atoms with Crippen molar-refractivity contribution in [3.63, 3.8) is 0 Å². The van der Waals surface area contributed by atoms with Gasteiger partial charge >= 0.3 is 5.97 Å². The number of hydrogen-bond acceptors (Lipinski definition) is 9. The SMILES string of the molecule is COC(=O)c1ccc(NC(=O)c2nc(NC(=O)CCCOc3cc4c(cc3OC)C(=O)N3CCCCC3C=N4)cn2C)cc1. The molecule has 44 heavy (non-hydrogen) atoms. The largest absolute Gasteiger partial charge is 0.493 e. The van der Waals surface area contributed by atoms with E-state index in [0.29, 0.717) is 47.0 Å². The number of aromatic nitrogens is 2. The zero-order chi connectivity index (χ0) is 31.2. The number of piperidine rings is 1. The molecule has 3 heterocycles. The van der Waals surface area contributed by atoms with Crippen LogP contribution >= 0.6 is 0 Å². The smallest absolute Gasteiger partial charge is 0.337 e. The Hall–Kier alpha value is -5.20. The van der Waals surface area contributed by atoms with Crippen molar-refractivity contribution in [3.8, 4) is 11.5 Å². The number of aliphatic imine (C=N–C) groups is 1. The number of carbonyl (C=O) groups is 4. The zero-order valence-electron chi connectivity index (χ0n) is 24.8. The number of rotatable bonds is 10. The Morgan fingerprint density at radius 3 is 2.59 bits per heavy atom. The van der Waals surface area contributed by atoms with E-state index in [4.69, 9.17) is 9.47 Å². The Kier molecular flexibility index (Phi) is 9.22. The van der Waals surface area contributed by atoms with E-state index in [1.54, 1.807) is 37.5 Å². The van der Waals surface area contributed by atoms with Gasteiger partial charge in [0.05, 0.1) is 43.7 Å². The number of hydrogen-bond donors (Lipinski definition) is 2. The molecule has 3 aromatic rings. The van der Waals surface area contributed by atoms with Crippen LogP contribution in [0.15, 0.2) is 47.6 Å². The lowest BCUT2D eigenvalue weighted by molar-refractivity contribution is -0.116. The van der Waals surface area contributed by atoms with Gasteiger partial charge < -0.3 is 34.3 Å². The molecule has 2 aromatic carbocycles. The quantitative estimate of drug-likeness (QED) is 0.261. The number of benzene rings is 2. The van der Waals surface area contributed by atoms with E-state index in [-0.39, 0.29) is 42.5 Å². The van der Waals surface area contributed by atoms with Crippen LogP contribution in [0.1, 0.15) is 63.4 Å². The summed E-state index contributed by atoms with van der Waals surface area (Å²) in [7, 11) is 4.45. The molecular formula is C31H34N6O7. The van der Waals surface area contributed by atoms with Gasteiger partial charge in [0.15, 0.2) is 17.3 Å². The number of amides is 3. The molecule has 0 radical (unpaired) electrons. The number of nitrogens with one attached hydrogen (secondary N) is 2. The minimum Gasteiger partial charge on any atom is -0.493 e. The molecular weight excluding hydrogens is 568 g/mol. The fourth-order valence-electron chi connectivity index (χ4n) is 5.14. The molecule has 0 saturated carbocycles. The molecule has 230 valence electrons. The molecule has 2 N–H and O–H groups in total. The van der Waals surface area contributed by atoms with Gasteiger partial charge in [0, 0.05) is 44.2 Å². The topological polar surface area (TPSA) is 153 Å². The molecule has 13 heteroatoms. The lowest BCUT2D eigenvalue weighted by Crippen LogP contribution is -2.43. The first kappa shape index (κ1) is 30.3. The van der Waals surface area contributed by atoms with Gasteiger partial charge in [0.1, 0.15) is 0 Å². The predicted molar refractivity (Wildman–Crippen MR) is 162 cm³/mol. The van der Waals surface area contributed by atoms with Gasteiger partial charge in [-0.15, -0.1) is 0 Å². The molecule has 1 atom stereocenters. The monoisotopic (exact) mass is 602 g/mol. The van der Waals surface area contributed by atoms with Crippen LogP contribution in [-0.4, -0.2) is 77.8 Å². The fourth-order valence-corrected chi connectivity index (χ4v) is 5.14. The number of methoxy groups -OCH3 is 2. The maximum Gasteiger partial charge on any atom is 0.337 e. The molecule has 1 aromatic heterocycles. The number of aryl methyl sites for hydroxylation is 1. The van der Waals surface area contributed by atoms with Crippen LogP contribution in [0, 0.1) is 0 Å². The second kappa shape index (κ2) is 13.4. The summed E-state index contributed by atoms with van der Waals surface area (Å²) in [6, 6.07) is 9.60. The average molecular weight is 603 g/mol. The second-order valence-electron chi connectivity index (χ2n) is 10.4. The summed E-state index contributed by atoms with van der Waals surface area (Å²) in [5, 5.41) is 5.41. The van der Waals surface area contributed by atoms with Crippen LogP contribution in [-0.2, 0) is 16.6 Å². The van der Waals surface area contributed by atoms with E-state index in [2.05, 4.69) is 25.3 Å². The van der Waals surface area contributed by atoms with Gasteiger partial charge in [0.25, 0.3) is 11.8 Å². The first-order chi connectivity index (χ1) is 21.3. The summed E-state index contributed by atoms with van der Waals surface area (Å²) < 4.78 is 17.6. The van der Waals surface area contributed by atoms with Crippen LogP contribution < -0.4 is 20.1 Å². The summed E-state index contributed by atoms with van der Waals surface area (Å²) >= 11 is 0. The number of esters is 1. The Morgan fingerprint density at radius 2 is 1.84 bits per heavy atom. The van der Waals surface area contributed by atoms with Crippen molar-refractivity contribution >= 4 is 47.1 Å². The van der Waals surface area contributed by atoms with Crippen molar-refractivity contribution in [1.82, 2.24) is 14.5 Å². The minimum absolute atomic E-state index is 0.00575. The number of fused-ring (bicyclic) bond motifs is 2. The second-order valence-corrected chi connectivity index (χ2v) is 10.4. The van der Waals surface area contributed by atoms with Crippen LogP contribution in [0.2, 0.25) is 0 Å². The van der Waals surface area contributed by atoms with Crippen LogP contribution in [0.3, 0.4) is 0 Å². The highest BCUT2D eigenvalue weighted by Crippen LogP contribution is 2.38. The Morgan fingerprint density at radius 1 is 1.05 bits per heavy atom. The van der Waals surface area contributed by atoms with Crippen molar-refractivity contribution in [2.24, 2.45) is 12.0 Å².